The summed E-state index contributed by atoms with van der Waals surface area (Å²) in [5.74, 6) is 1.22. The van der Waals surface area contributed by atoms with Gasteiger partial charge in [-0.25, -0.2) is 30.5 Å². The Labute approximate surface area is 200 Å². The summed E-state index contributed by atoms with van der Waals surface area (Å²) in [6.45, 7) is 7.01. The first kappa shape index (κ1) is 25.7. The van der Waals surface area contributed by atoms with Crippen LogP contribution in [0.5, 0.6) is 11.5 Å². The van der Waals surface area contributed by atoms with Crippen LogP contribution in [0.4, 0.5) is 0 Å². The molecule has 9 nitrogen and oxygen atoms in total. The minimum atomic E-state index is -3.86. The summed E-state index contributed by atoms with van der Waals surface area (Å²) in [6.07, 6.45) is 2.83. The number of aryl methyl sites for hydroxylation is 4. The molecule has 0 aliphatic rings. The number of benzene rings is 2. The van der Waals surface area contributed by atoms with Gasteiger partial charge in [0.2, 0.25) is 10.0 Å². The van der Waals surface area contributed by atoms with Crippen molar-refractivity contribution in [2.24, 2.45) is 0 Å². The average molecular weight is 508 g/mol. The molecule has 0 saturated carbocycles. The molecule has 0 saturated heterocycles. The summed E-state index contributed by atoms with van der Waals surface area (Å²) in [7, 11) is -4.56. The van der Waals surface area contributed by atoms with Crippen molar-refractivity contribution in [3.63, 3.8) is 0 Å². The van der Waals surface area contributed by atoms with Crippen LogP contribution in [-0.4, -0.2) is 46.6 Å². The van der Waals surface area contributed by atoms with Gasteiger partial charge < -0.3 is 9.47 Å². The molecular weight excluding hydrogens is 478 g/mol. The van der Waals surface area contributed by atoms with E-state index < -0.39 is 20.0 Å². The van der Waals surface area contributed by atoms with Crippen LogP contribution < -0.4 is 14.2 Å². The number of hydrogen-bond donors (Lipinski definition) is 1. The van der Waals surface area contributed by atoms with Crippen molar-refractivity contribution in [1.82, 2.24) is 13.7 Å². The molecule has 34 heavy (non-hydrogen) atoms. The van der Waals surface area contributed by atoms with Crippen molar-refractivity contribution in [3.8, 4) is 11.5 Å². The van der Waals surface area contributed by atoms with E-state index in [1.807, 2.05) is 0 Å². The summed E-state index contributed by atoms with van der Waals surface area (Å²) < 4.78 is 65.9. The Hall–Kier alpha value is -2.89. The Morgan fingerprint density at radius 2 is 1.35 bits per heavy atom. The molecule has 1 heterocycles. The zero-order chi connectivity index (χ0) is 25.3. The molecule has 184 valence electrons. The molecule has 2 aromatic carbocycles. The molecular formula is C23H29N3O6S2. The second-order valence-corrected chi connectivity index (χ2v) is 11.6. The van der Waals surface area contributed by atoms with Crippen LogP contribution in [0.1, 0.15) is 27.9 Å². The van der Waals surface area contributed by atoms with Crippen LogP contribution in [0.15, 0.2) is 46.6 Å². The van der Waals surface area contributed by atoms with E-state index in [1.54, 1.807) is 52.0 Å². The monoisotopic (exact) mass is 507 g/mol. The lowest BCUT2D eigenvalue weighted by Crippen LogP contribution is -2.26. The highest BCUT2D eigenvalue weighted by molar-refractivity contribution is 7.90. The molecule has 0 unspecified atom stereocenters. The summed E-state index contributed by atoms with van der Waals surface area (Å²) in [6, 6.07) is 6.49. The molecule has 0 radical (unpaired) electrons. The first-order chi connectivity index (χ1) is 15.9. The van der Waals surface area contributed by atoms with Crippen molar-refractivity contribution in [2.75, 3.05) is 20.8 Å². The largest absolute Gasteiger partial charge is 0.496 e. The number of imidazole rings is 1. The van der Waals surface area contributed by atoms with Crippen LogP contribution in [0, 0.1) is 27.7 Å². The number of methoxy groups -OCH3 is 2. The van der Waals surface area contributed by atoms with E-state index in [4.69, 9.17) is 9.47 Å². The van der Waals surface area contributed by atoms with Crippen LogP contribution in [0.25, 0.3) is 0 Å². The smallest absolute Gasteiger partial charge is 0.269 e. The van der Waals surface area contributed by atoms with Gasteiger partial charge >= 0.3 is 0 Å². The number of nitrogens with zero attached hydrogens (tertiary/aromatic N) is 2. The highest BCUT2D eigenvalue weighted by Crippen LogP contribution is 2.27. The maximum absolute atomic E-state index is 13.1. The number of nitrogens with one attached hydrogen (secondary N) is 1. The summed E-state index contributed by atoms with van der Waals surface area (Å²) in [4.78, 5) is 4.47. The van der Waals surface area contributed by atoms with Crippen molar-refractivity contribution in [2.45, 2.75) is 43.9 Å². The third-order valence-electron chi connectivity index (χ3n) is 5.52. The number of sulfonamides is 1. The maximum Gasteiger partial charge on any atom is 0.269 e. The van der Waals surface area contributed by atoms with Crippen molar-refractivity contribution < 1.29 is 26.3 Å². The lowest BCUT2D eigenvalue weighted by Gasteiger charge is -2.13. The van der Waals surface area contributed by atoms with E-state index in [0.29, 0.717) is 39.4 Å². The second-order valence-electron chi connectivity index (χ2n) is 8.02. The molecule has 0 aliphatic heterocycles. The van der Waals surface area contributed by atoms with Gasteiger partial charge in [-0.3, -0.25) is 0 Å². The fourth-order valence-electron chi connectivity index (χ4n) is 3.64. The zero-order valence-electron chi connectivity index (χ0n) is 20.0. The standard InChI is InChI=1S/C23H29N3O6S2/c1-15-11-22(17(3)9-20(15)31-5)33(27,28)25-8-7-19-13-26(14-24-19)34(29,30)23-12-16(2)21(32-6)10-18(23)4/h9-14,25H,7-8H2,1-6H3. The van der Waals surface area contributed by atoms with E-state index in [0.717, 1.165) is 3.97 Å². The van der Waals surface area contributed by atoms with Crippen molar-refractivity contribution >= 4 is 20.0 Å². The highest BCUT2D eigenvalue weighted by atomic mass is 32.2. The van der Waals surface area contributed by atoms with Gasteiger partial charge in [-0.05, 0) is 74.2 Å². The Morgan fingerprint density at radius 3 is 1.91 bits per heavy atom. The maximum atomic E-state index is 13.1. The van der Waals surface area contributed by atoms with Crippen molar-refractivity contribution in [1.29, 1.82) is 0 Å². The van der Waals surface area contributed by atoms with E-state index >= 15 is 0 Å². The molecule has 3 rings (SSSR count). The Balaban J connectivity index is 1.75. The fourth-order valence-corrected chi connectivity index (χ4v) is 6.43. The third-order valence-corrected chi connectivity index (χ3v) is 8.87. The van der Waals surface area contributed by atoms with E-state index in [2.05, 4.69) is 9.71 Å². The second kappa shape index (κ2) is 9.77. The minimum absolute atomic E-state index is 0.0601. The van der Waals surface area contributed by atoms with Gasteiger partial charge in [0.15, 0.2) is 0 Å². The average Bonchev–Trinajstić information content (AvgIpc) is 3.25. The highest BCUT2D eigenvalue weighted by Gasteiger charge is 2.22. The number of rotatable bonds is 9. The van der Waals surface area contributed by atoms with Gasteiger partial charge in [-0.1, -0.05) is 0 Å². The van der Waals surface area contributed by atoms with E-state index in [-0.39, 0.29) is 22.8 Å². The molecule has 3 aromatic rings. The Morgan fingerprint density at radius 1 is 0.824 bits per heavy atom. The van der Waals surface area contributed by atoms with Crippen LogP contribution in [0.2, 0.25) is 0 Å². The number of ether oxygens (including phenoxy) is 2. The number of aromatic nitrogens is 2. The van der Waals surface area contributed by atoms with Crippen LogP contribution in [-0.2, 0) is 26.5 Å². The summed E-state index contributed by atoms with van der Waals surface area (Å²) >= 11 is 0. The molecule has 1 aromatic heterocycles. The van der Waals surface area contributed by atoms with Gasteiger partial charge in [0.1, 0.15) is 17.8 Å². The molecule has 0 aliphatic carbocycles. The fraction of sp³-hybridized carbons (Fsp3) is 0.348. The van der Waals surface area contributed by atoms with E-state index in [9.17, 15) is 16.8 Å². The van der Waals surface area contributed by atoms with Crippen LogP contribution >= 0.6 is 0 Å². The molecule has 0 fully saturated rings. The Bertz CT molecular complexity index is 1430. The van der Waals surface area contributed by atoms with Gasteiger partial charge in [-0.15, -0.1) is 0 Å². The summed E-state index contributed by atoms with van der Waals surface area (Å²) in [5, 5.41) is 0. The van der Waals surface area contributed by atoms with Gasteiger partial charge in [0.25, 0.3) is 10.0 Å². The Kier molecular flexibility index (Phi) is 7.39. The summed E-state index contributed by atoms with van der Waals surface area (Å²) in [5.41, 5.74) is 2.97. The normalized spacial score (nSPS) is 12.1. The molecule has 0 atom stereocenters. The van der Waals surface area contributed by atoms with Crippen LogP contribution in [0.3, 0.4) is 0 Å². The molecule has 1 N–H and O–H groups in total. The number of hydrogen-bond acceptors (Lipinski definition) is 7. The molecule has 0 bridgehead atoms. The minimum Gasteiger partial charge on any atom is -0.496 e. The predicted molar refractivity (Wildman–Crippen MR) is 129 cm³/mol. The first-order valence-electron chi connectivity index (χ1n) is 10.5. The quantitative estimate of drug-likeness (QED) is 0.473. The van der Waals surface area contributed by atoms with Gasteiger partial charge in [-0.2, -0.15) is 0 Å². The SMILES string of the molecule is COc1cc(C)c(S(=O)(=O)NCCc2cn(S(=O)(=O)c3cc(C)c(OC)cc3C)cn2)cc1C. The zero-order valence-corrected chi connectivity index (χ0v) is 21.7. The molecule has 0 spiro atoms. The van der Waals surface area contributed by atoms with E-state index in [1.165, 1.54) is 26.7 Å². The van der Waals surface area contributed by atoms with Gasteiger partial charge in [0.05, 0.1) is 29.7 Å². The first-order valence-corrected chi connectivity index (χ1v) is 13.4. The third kappa shape index (κ3) is 5.11. The molecule has 0 amide bonds. The topological polar surface area (TPSA) is 117 Å². The van der Waals surface area contributed by atoms with Gasteiger partial charge in [0, 0.05) is 19.2 Å². The lowest BCUT2D eigenvalue weighted by molar-refractivity contribution is 0.410. The molecule has 11 heteroatoms. The lowest BCUT2D eigenvalue weighted by atomic mass is 10.1. The predicted octanol–water partition coefficient (Wildman–Crippen LogP) is 2.89. The van der Waals surface area contributed by atoms with Crippen molar-refractivity contribution in [3.05, 3.63) is 64.7 Å².